The van der Waals surface area contributed by atoms with E-state index in [0.717, 1.165) is 0 Å². The van der Waals surface area contributed by atoms with Crippen LogP contribution in [-0.4, -0.2) is 92.9 Å². The largest absolute Gasteiger partial charge is 0.378 e. The summed E-state index contributed by atoms with van der Waals surface area (Å²) in [6, 6.07) is 0. The number of rotatable bonds is 26. The normalized spacial score (nSPS) is 13.3. The smallest absolute Gasteiger partial charge is 0.223 e. The molecule has 1 N–H and O–H groups in total. The van der Waals surface area contributed by atoms with Crippen LogP contribution < -0.4 is 5.32 Å². The SMILES string of the molecule is CC(C)OC(C)(C)COC(C)CC(=O)NC(COCCC(=O)C(C)C)(COCCC(=O)C(C)C)COCCC(=O)C(C)C. The van der Waals surface area contributed by atoms with Crippen molar-refractivity contribution < 1.29 is 42.9 Å². The van der Waals surface area contributed by atoms with Crippen molar-refractivity contribution in [2.24, 2.45) is 17.8 Å². The summed E-state index contributed by atoms with van der Waals surface area (Å²) < 4.78 is 29.6. The minimum atomic E-state index is -1.11. The van der Waals surface area contributed by atoms with Crippen LogP contribution in [0.3, 0.4) is 0 Å². The van der Waals surface area contributed by atoms with Gasteiger partial charge in [-0.1, -0.05) is 41.5 Å². The molecular weight excluding hydrogens is 554 g/mol. The molecule has 1 unspecified atom stereocenters. The van der Waals surface area contributed by atoms with Gasteiger partial charge in [-0.3, -0.25) is 19.2 Å². The predicted molar refractivity (Wildman–Crippen MR) is 167 cm³/mol. The monoisotopic (exact) mass is 615 g/mol. The molecule has 0 aliphatic carbocycles. The molecule has 1 atom stereocenters. The molecule has 0 aliphatic rings. The Hall–Kier alpha value is -1.72. The summed E-state index contributed by atoms with van der Waals surface area (Å²) in [5.41, 5.74) is -1.62. The van der Waals surface area contributed by atoms with Crippen molar-refractivity contribution in [2.75, 3.05) is 46.2 Å². The van der Waals surface area contributed by atoms with Crippen molar-refractivity contribution in [1.29, 1.82) is 0 Å². The topological polar surface area (TPSA) is 126 Å². The molecule has 43 heavy (non-hydrogen) atoms. The van der Waals surface area contributed by atoms with Crippen molar-refractivity contribution >= 4 is 23.3 Å². The van der Waals surface area contributed by atoms with Gasteiger partial charge >= 0.3 is 0 Å². The van der Waals surface area contributed by atoms with E-state index in [1.54, 1.807) is 0 Å². The number of ketones is 3. The van der Waals surface area contributed by atoms with E-state index in [9.17, 15) is 19.2 Å². The van der Waals surface area contributed by atoms with E-state index in [-0.39, 0.29) is 112 Å². The third-order valence-electron chi connectivity index (χ3n) is 6.69. The van der Waals surface area contributed by atoms with Crippen LogP contribution in [0.4, 0.5) is 0 Å². The van der Waals surface area contributed by atoms with Gasteiger partial charge in [0.2, 0.25) is 5.91 Å². The lowest BCUT2D eigenvalue weighted by atomic mass is 10.0. The first-order valence-electron chi connectivity index (χ1n) is 15.8. The van der Waals surface area contributed by atoms with Crippen molar-refractivity contribution in [2.45, 2.75) is 125 Å². The summed E-state index contributed by atoms with van der Waals surface area (Å²) >= 11 is 0. The van der Waals surface area contributed by atoms with Crippen LogP contribution in [0.25, 0.3) is 0 Å². The van der Waals surface area contributed by atoms with Crippen LogP contribution >= 0.6 is 0 Å². The average Bonchev–Trinajstić information content (AvgIpc) is 2.89. The maximum atomic E-state index is 13.3. The fraction of sp³-hybridized carbons (Fsp3) is 0.879. The zero-order chi connectivity index (χ0) is 33.2. The highest BCUT2D eigenvalue weighted by atomic mass is 16.6. The minimum absolute atomic E-state index is 0.0187. The van der Waals surface area contributed by atoms with Gasteiger partial charge in [0.15, 0.2) is 0 Å². The van der Waals surface area contributed by atoms with E-state index in [1.807, 2.05) is 76.2 Å². The number of amides is 1. The zero-order valence-corrected chi connectivity index (χ0v) is 28.8. The van der Waals surface area contributed by atoms with Gasteiger partial charge in [-0.15, -0.1) is 0 Å². The number of carbonyl (C=O) groups excluding carboxylic acids is 4. The van der Waals surface area contributed by atoms with Crippen LogP contribution in [-0.2, 0) is 42.9 Å². The molecule has 0 aliphatic heterocycles. The molecule has 0 rings (SSSR count). The first-order chi connectivity index (χ1) is 19.9. The molecule has 0 fully saturated rings. The highest BCUT2D eigenvalue weighted by Crippen LogP contribution is 2.16. The van der Waals surface area contributed by atoms with Crippen LogP contribution in [0.15, 0.2) is 0 Å². The second kappa shape index (κ2) is 21.1. The lowest BCUT2D eigenvalue weighted by molar-refractivity contribution is -0.137. The fourth-order valence-electron chi connectivity index (χ4n) is 4.10. The van der Waals surface area contributed by atoms with Gasteiger partial charge in [0.05, 0.1) is 70.5 Å². The standard InChI is InChI=1S/C33H61NO9/c1-23(2)28(35)12-15-39-20-33(21-40-16-13-29(36)24(3)4,22-41-17-14-30(37)25(5)6)34-31(38)18-27(9)42-19-32(10,11)43-26(7)8/h23-27H,12-22H2,1-11H3,(H,34,38). The number of hydrogen-bond acceptors (Lipinski definition) is 9. The number of ether oxygens (including phenoxy) is 5. The fourth-order valence-corrected chi connectivity index (χ4v) is 4.10. The summed E-state index contributed by atoms with van der Waals surface area (Å²) in [6.07, 6.45) is 0.451. The predicted octanol–water partition coefficient (Wildman–Crippen LogP) is 4.74. The molecule has 0 bridgehead atoms. The Balaban J connectivity index is 5.64. The molecule has 0 saturated heterocycles. The maximum absolute atomic E-state index is 13.3. The number of Topliss-reactive ketones (excluding diaryl/α,β-unsaturated/α-hetero) is 3. The third kappa shape index (κ3) is 20.0. The molecular formula is C33H61NO9. The van der Waals surface area contributed by atoms with Crippen LogP contribution in [0.1, 0.15) is 102 Å². The van der Waals surface area contributed by atoms with E-state index in [4.69, 9.17) is 23.7 Å². The molecule has 0 spiro atoms. The molecule has 0 aromatic carbocycles. The van der Waals surface area contributed by atoms with Gasteiger partial charge in [0.1, 0.15) is 22.9 Å². The number of nitrogens with one attached hydrogen (secondary N) is 1. The summed E-state index contributed by atoms with van der Waals surface area (Å²) in [5, 5.41) is 3.04. The third-order valence-corrected chi connectivity index (χ3v) is 6.69. The minimum Gasteiger partial charge on any atom is -0.378 e. The Bertz CT molecular complexity index is 767. The molecule has 252 valence electrons. The Labute approximate surface area is 260 Å². The highest BCUT2D eigenvalue weighted by molar-refractivity contribution is 5.81. The molecule has 10 nitrogen and oxygen atoms in total. The van der Waals surface area contributed by atoms with Gasteiger partial charge in [0.25, 0.3) is 0 Å². The Kier molecular flexibility index (Phi) is 20.2. The summed E-state index contributed by atoms with van der Waals surface area (Å²) in [7, 11) is 0. The second-order valence-corrected chi connectivity index (χ2v) is 13.4. The van der Waals surface area contributed by atoms with E-state index < -0.39 is 17.2 Å². The summed E-state index contributed by atoms with van der Waals surface area (Å²) in [6.45, 7) is 21.6. The van der Waals surface area contributed by atoms with Crippen LogP contribution in [0, 0.1) is 17.8 Å². The first kappa shape index (κ1) is 41.3. The number of carbonyl (C=O) groups is 4. The van der Waals surface area contributed by atoms with Crippen molar-refractivity contribution in [3.8, 4) is 0 Å². The van der Waals surface area contributed by atoms with E-state index >= 15 is 0 Å². The number of hydrogen-bond donors (Lipinski definition) is 1. The van der Waals surface area contributed by atoms with Crippen LogP contribution in [0.5, 0.6) is 0 Å². The van der Waals surface area contributed by atoms with Crippen molar-refractivity contribution in [3.05, 3.63) is 0 Å². The molecule has 1 amide bonds. The molecule has 0 aromatic heterocycles. The van der Waals surface area contributed by atoms with E-state index in [1.165, 1.54) is 0 Å². The second-order valence-electron chi connectivity index (χ2n) is 13.4. The first-order valence-corrected chi connectivity index (χ1v) is 15.8. The summed E-state index contributed by atoms with van der Waals surface area (Å²) in [4.78, 5) is 49.7. The van der Waals surface area contributed by atoms with E-state index in [2.05, 4.69) is 5.32 Å². The maximum Gasteiger partial charge on any atom is 0.223 e. The molecule has 10 heteroatoms. The zero-order valence-electron chi connectivity index (χ0n) is 28.8. The van der Waals surface area contributed by atoms with Crippen molar-refractivity contribution in [1.82, 2.24) is 5.32 Å². The Morgan fingerprint density at radius 3 is 1.30 bits per heavy atom. The van der Waals surface area contributed by atoms with Gasteiger partial charge in [-0.25, -0.2) is 0 Å². The molecule has 0 aromatic rings. The lowest BCUT2D eigenvalue weighted by Gasteiger charge is -2.35. The summed E-state index contributed by atoms with van der Waals surface area (Å²) in [5.74, 6) is -0.358. The lowest BCUT2D eigenvalue weighted by Crippen LogP contribution is -2.59. The molecule has 0 heterocycles. The quantitative estimate of drug-likeness (QED) is 0.137. The Morgan fingerprint density at radius 1 is 0.605 bits per heavy atom. The molecule has 0 saturated carbocycles. The van der Waals surface area contributed by atoms with Gasteiger partial charge in [0, 0.05) is 37.0 Å². The average molecular weight is 616 g/mol. The highest BCUT2D eigenvalue weighted by Gasteiger charge is 2.35. The van der Waals surface area contributed by atoms with Gasteiger partial charge in [-0.2, -0.15) is 0 Å². The van der Waals surface area contributed by atoms with Crippen molar-refractivity contribution in [3.63, 3.8) is 0 Å². The molecule has 0 radical (unpaired) electrons. The van der Waals surface area contributed by atoms with Crippen LogP contribution in [0.2, 0.25) is 0 Å². The van der Waals surface area contributed by atoms with E-state index in [0.29, 0.717) is 6.61 Å². The Morgan fingerprint density at radius 2 is 0.977 bits per heavy atom. The van der Waals surface area contributed by atoms with Gasteiger partial charge < -0.3 is 29.0 Å². The van der Waals surface area contributed by atoms with Gasteiger partial charge in [-0.05, 0) is 34.6 Å².